The second kappa shape index (κ2) is 8.92. The number of halogens is 1. The number of imide groups is 1. The molecular weight excluding hydrogens is 435 g/mol. The lowest BCUT2D eigenvalue weighted by Crippen LogP contribution is -2.49. The van der Waals surface area contributed by atoms with Crippen LogP contribution in [0.4, 0.5) is 14.9 Å². The lowest BCUT2D eigenvalue weighted by atomic mass is 9.94. The molecule has 0 bridgehead atoms. The molecule has 5 heterocycles. The summed E-state index contributed by atoms with van der Waals surface area (Å²) in [5, 5.41) is 6.68. The highest BCUT2D eigenvalue weighted by molar-refractivity contribution is 6.06. The number of amides is 3. The van der Waals surface area contributed by atoms with Crippen molar-refractivity contribution in [1.29, 1.82) is 0 Å². The molecule has 2 aromatic rings. The summed E-state index contributed by atoms with van der Waals surface area (Å²) in [4.78, 5) is 32.8. The van der Waals surface area contributed by atoms with E-state index in [9.17, 15) is 14.0 Å². The summed E-state index contributed by atoms with van der Waals surface area (Å²) in [5.41, 5.74) is 3.06. The number of carbonyl (C=O) groups is 2. The van der Waals surface area contributed by atoms with Crippen LogP contribution in [0.5, 0.6) is 0 Å². The van der Waals surface area contributed by atoms with Gasteiger partial charge in [0, 0.05) is 62.7 Å². The number of pyridine rings is 1. The topological polar surface area (TPSA) is 82.5 Å². The third kappa shape index (κ3) is 4.20. The number of rotatable bonds is 5. The molecule has 1 aliphatic carbocycles. The van der Waals surface area contributed by atoms with Crippen LogP contribution in [-0.2, 0) is 4.79 Å². The smallest absolute Gasteiger partial charge is 0.328 e. The minimum absolute atomic E-state index is 0.147. The summed E-state index contributed by atoms with van der Waals surface area (Å²) in [6.07, 6.45) is 9.01. The number of aromatic nitrogens is 2. The lowest BCUT2D eigenvalue weighted by Gasteiger charge is -2.37. The summed E-state index contributed by atoms with van der Waals surface area (Å²) < 4.78 is 16.6. The summed E-state index contributed by atoms with van der Waals surface area (Å²) in [6.45, 7) is 4.62. The van der Waals surface area contributed by atoms with Crippen molar-refractivity contribution >= 4 is 28.7 Å². The molecule has 8 nitrogen and oxygen atoms in total. The monoisotopic (exact) mass is 468 g/mol. The van der Waals surface area contributed by atoms with Crippen molar-refractivity contribution in [2.75, 3.05) is 44.2 Å². The summed E-state index contributed by atoms with van der Waals surface area (Å²) in [6, 6.07) is 2.09. The zero-order valence-corrected chi connectivity index (χ0v) is 19.5. The van der Waals surface area contributed by atoms with Crippen molar-refractivity contribution in [1.82, 2.24) is 25.1 Å². The molecule has 3 amide bonds. The molecule has 0 aromatic carbocycles. The Morgan fingerprint density at radius 2 is 1.91 bits per heavy atom. The Labute approximate surface area is 198 Å². The zero-order chi connectivity index (χ0) is 23.2. The number of nitrogens with one attached hydrogen (secondary N) is 2. The van der Waals surface area contributed by atoms with Gasteiger partial charge in [-0.15, -0.1) is 0 Å². The molecule has 1 unspecified atom stereocenters. The van der Waals surface area contributed by atoms with Crippen LogP contribution < -0.4 is 15.5 Å². The van der Waals surface area contributed by atoms with E-state index in [2.05, 4.69) is 32.4 Å². The summed E-state index contributed by atoms with van der Waals surface area (Å²) >= 11 is 0. The van der Waals surface area contributed by atoms with Crippen molar-refractivity contribution in [3.8, 4) is 0 Å². The molecule has 9 heteroatoms. The van der Waals surface area contributed by atoms with Crippen molar-refractivity contribution < 1.29 is 14.0 Å². The van der Waals surface area contributed by atoms with Gasteiger partial charge >= 0.3 is 6.03 Å². The Bertz CT molecular complexity index is 1090. The van der Waals surface area contributed by atoms with Crippen LogP contribution in [0, 0.1) is 5.92 Å². The van der Waals surface area contributed by atoms with Gasteiger partial charge < -0.3 is 14.8 Å². The summed E-state index contributed by atoms with van der Waals surface area (Å²) in [7, 11) is 0. The van der Waals surface area contributed by atoms with E-state index in [1.165, 1.54) is 18.4 Å². The number of urea groups is 1. The molecule has 0 spiro atoms. The van der Waals surface area contributed by atoms with Gasteiger partial charge in [-0.25, -0.2) is 14.2 Å². The molecule has 0 radical (unpaired) electrons. The van der Waals surface area contributed by atoms with Crippen molar-refractivity contribution in [3.05, 3.63) is 24.0 Å². The molecule has 3 saturated heterocycles. The van der Waals surface area contributed by atoms with E-state index in [1.54, 1.807) is 11.1 Å². The second-order valence-electron chi connectivity index (χ2n) is 10.4. The second-order valence-corrected chi connectivity index (χ2v) is 10.4. The van der Waals surface area contributed by atoms with Crippen LogP contribution in [0.2, 0.25) is 0 Å². The molecule has 2 atom stereocenters. The van der Waals surface area contributed by atoms with Crippen LogP contribution in [0.3, 0.4) is 0 Å². The first-order chi connectivity index (χ1) is 16.6. The van der Waals surface area contributed by atoms with Gasteiger partial charge in [-0.05, 0) is 56.2 Å². The molecule has 4 aliphatic rings. The van der Waals surface area contributed by atoms with Crippen LogP contribution in [0.25, 0.3) is 11.0 Å². The minimum atomic E-state index is -0.737. The quantitative estimate of drug-likeness (QED) is 0.705. The number of nitrogens with zero attached hydrogens (tertiary/aromatic N) is 4. The fourth-order valence-corrected chi connectivity index (χ4v) is 5.89. The van der Waals surface area contributed by atoms with Gasteiger partial charge in [-0.1, -0.05) is 0 Å². The van der Waals surface area contributed by atoms with Gasteiger partial charge in [-0.2, -0.15) is 0 Å². The average molecular weight is 469 g/mol. The number of hydrogen-bond acceptors (Lipinski definition) is 5. The highest BCUT2D eigenvalue weighted by Crippen LogP contribution is 2.45. The van der Waals surface area contributed by atoms with Gasteiger partial charge in [0.15, 0.2) is 0 Å². The Morgan fingerprint density at radius 3 is 2.65 bits per heavy atom. The highest BCUT2D eigenvalue weighted by Gasteiger charge is 2.33. The maximum atomic E-state index is 14.3. The Hall–Kier alpha value is -2.52. The predicted octanol–water partition coefficient (Wildman–Crippen LogP) is 2.94. The molecule has 3 aliphatic heterocycles. The first-order valence-electron chi connectivity index (χ1n) is 12.8. The predicted molar refractivity (Wildman–Crippen MR) is 128 cm³/mol. The van der Waals surface area contributed by atoms with E-state index >= 15 is 0 Å². The number of likely N-dealkylation sites (tertiary alicyclic amines) is 1. The van der Waals surface area contributed by atoms with Gasteiger partial charge in [-0.3, -0.25) is 15.0 Å². The Morgan fingerprint density at radius 1 is 1.09 bits per heavy atom. The molecule has 182 valence electrons. The molecule has 4 fully saturated rings. The van der Waals surface area contributed by atoms with E-state index in [0.717, 1.165) is 62.2 Å². The number of hydrogen-bond donors (Lipinski definition) is 2. The molecule has 6 rings (SSSR count). The number of piperidine rings is 2. The number of fused-ring (bicyclic) bond motifs is 1. The molecule has 34 heavy (non-hydrogen) atoms. The van der Waals surface area contributed by atoms with E-state index < -0.39 is 6.17 Å². The van der Waals surface area contributed by atoms with Crippen LogP contribution in [-0.4, -0.2) is 71.8 Å². The minimum Gasteiger partial charge on any atom is -0.329 e. The van der Waals surface area contributed by atoms with Crippen LogP contribution in [0.1, 0.15) is 56.0 Å². The van der Waals surface area contributed by atoms with Crippen molar-refractivity contribution in [3.63, 3.8) is 0 Å². The van der Waals surface area contributed by atoms with Gasteiger partial charge in [0.2, 0.25) is 5.91 Å². The Balaban J connectivity index is 1.20. The van der Waals surface area contributed by atoms with E-state index in [4.69, 9.17) is 4.98 Å². The lowest BCUT2D eigenvalue weighted by molar-refractivity contribution is -0.120. The average Bonchev–Trinajstić information content (AvgIpc) is 3.61. The normalized spacial score (nSPS) is 27.4. The van der Waals surface area contributed by atoms with E-state index in [-0.39, 0.29) is 17.9 Å². The Kier molecular flexibility index (Phi) is 5.77. The number of anilines is 1. The van der Waals surface area contributed by atoms with Gasteiger partial charge in [0.05, 0.1) is 11.9 Å². The van der Waals surface area contributed by atoms with E-state index in [0.29, 0.717) is 31.5 Å². The molecular formula is C25H33FN6O2. The fourth-order valence-electron chi connectivity index (χ4n) is 5.89. The highest BCUT2D eigenvalue weighted by atomic mass is 19.1. The third-order valence-electron chi connectivity index (χ3n) is 8.05. The first kappa shape index (κ1) is 22.0. The van der Waals surface area contributed by atoms with Gasteiger partial charge in [0.25, 0.3) is 0 Å². The van der Waals surface area contributed by atoms with Crippen molar-refractivity contribution in [2.45, 2.75) is 56.7 Å². The zero-order valence-electron chi connectivity index (χ0n) is 19.5. The molecule has 2 N–H and O–H groups in total. The van der Waals surface area contributed by atoms with E-state index in [1.807, 2.05) is 0 Å². The third-order valence-corrected chi connectivity index (χ3v) is 8.05. The first-order valence-corrected chi connectivity index (χ1v) is 12.8. The fraction of sp³-hybridized carbons (Fsp3) is 0.640. The SMILES string of the molecule is O=C1CCN(c2cnc3c(c2)c(C2CC2)cn3C2CCN(C[C@H]3CCNCC3F)CC2)C(=O)N1. The maximum Gasteiger partial charge on any atom is 0.328 e. The van der Waals surface area contributed by atoms with Crippen molar-refractivity contribution in [2.24, 2.45) is 5.92 Å². The molecule has 2 aromatic heterocycles. The number of carbonyl (C=O) groups excluding carboxylic acids is 2. The van der Waals surface area contributed by atoms with Gasteiger partial charge in [0.1, 0.15) is 11.8 Å². The molecule has 1 saturated carbocycles. The summed E-state index contributed by atoms with van der Waals surface area (Å²) in [5.74, 6) is 0.488. The largest absolute Gasteiger partial charge is 0.329 e. The van der Waals surface area contributed by atoms with Crippen LogP contribution >= 0.6 is 0 Å². The van der Waals surface area contributed by atoms with Crippen LogP contribution in [0.15, 0.2) is 18.5 Å². The maximum absolute atomic E-state index is 14.3. The number of alkyl halides is 1. The standard InChI is InChI=1S/C25H33FN6O2/c26-22-13-27-7-3-17(22)14-30-8-4-18(5-9-30)32-15-21(16-1-2-16)20-11-19(12-28-24(20)32)31-10-6-23(33)29-25(31)34/h11-12,15-18,22,27H,1-10,13-14H2,(H,29,33,34)/t17-,22?/m1/s1.